The van der Waals surface area contributed by atoms with Crippen LogP contribution in [0, 0.1) is 6.92 Å². The Hall–Kier alpha value is -2.78. The minimum absolute atomic E-state index is 0.116. The fourth-order valence-corrected chi connectivity index (χ4v) is 3.25. The van der Waals surface area contributed by atoms with Gasteiger partial charge in [-0.2, -0.15) is 0 Å². The van der Waals surface area contributed by atoms with E-state index in [1.807, 2.05) is 0 Å². The minimum atomic E-state index is -0.333. The molecule has 1 fully saturated rings. The van der Waals surface area contributed by atoms with Crippen molar-refractivity contribution in [1.82, 2.24) is 20.3 Å². The molecule has 0 saturated carbocycles. The van der Waals surface area contributed by atoms with E-state index in [9.17, 15) is 9.59 Å². The van der Waals surface area contributed by atoms with E-state index < -0.39 is 0 Å². The molecule has 29 heavy (non-hydrogen) atoms. The number of rotatable bonds is 6. The van der Waals surface area contributed by atoms with Gasteiger partial charge in [-0.15, -0.1) is 0 Å². The zero-order valence-electron chi connectivity index (χ0n) is 16.4. The average Bonchev–Trinajstić information content (AvgIpc) is 3.14. The molecule has 1 aliphatic heterocycles. The number of aryl methyl sites for hydroxylation is 1. The van der Waals surface area contributed by atoms with Crippen LogP contribution >= 0.6 is 11.6 Å². The molecule has 156 valence electrons. The predicted octanol–water partition coefficient (Wildman–Crippen LogP) is 2.22. The molecule has 1 aliphatic rings. The third-order valence-corrected chi connectivity index (χ3v) is 4.86. The molecule has 1 aromatic carbocycles. The van der Waals surface area contributed by atoms with Crippen molar-refractivity contribution in [2.24, 2.45) is 0 Å². The van der Waals surface area contributed by atoms with Gasteiger partial charge in [0.15, 0.2) is 5.69 Å². The number of urea groups is 1. The number of piperazine rings is 1. The largest absolute Gasteiger partial charge is 0.495 e. The fraction of sp³-hybridized carbons (Fsp3) is 0.421. The summed E-state index contributed by atoms with van der Waals surface area (Å²) in [4.78, 5) is 28.5. The van der Waals surface area contributed by atoms with E-state index in [0.717, 1.165) is 13.1 Å². The quantitative estimate of drug-likeness (QED) is 0.741. The number of benzene rings is 1. The van der Waals surface area contributed by atoms with Crippen LogP contribution < -0.4 is 15.4 Å². The highest BCUT2D eigenvalue weighted by Gasteiger charge is 2.24. The second kappa shape index (κ2) is 9.62. The summed E-state index contributed by atoms with van der Waals surface area (Å²) in [5.74, 6) is 1.04. The smallest absolute Gasteiger partial charge is 0.319 e. The lowest BCUT2D eigenvalue weighted by atomic mass is 10.2. The van der Waals surface area contributed by atoms with Crippen LogP contribution in [-0.4, -0.2) is 73.3 Å². The van der Waals surface area contributed by atoms with Gasteiger partial charge in [0.25, 0.3) is 5.91 Å². The summed E-state index contributed by atoms with van der Waals surface area (Å²) in [6.07, 6.45) is 0. The zero-order valence-corrected chi connectivity index (χ0v) is 17.2. The van der Waals surface area contributed by atoms with Crippen molar-refractivity contribution in [2.75, 3.05) is 51.7 Å². The lowest BCUT2D eigenvalue weighted by molar-refractivity contribution is 0.0629. The number of methoxy groups -OCH3 is 1. The molecular formula is C19H24ClN5O4. The molecule has 1 aromatic heterocycles. The standard InChI is InChI=1S/C19H24ClN5O4/c1-13-11-16(23-29-13)18(26)25-9-7-24(8-10-25)6-5-21-19(27)22-15-12-14(20)3-4-17(15)28-2/h3-4,11-12H,5-10H2,1-2H3,(H2,21,22,27). The van der Waals surface area contributed by atoms with Gasteiger partial charge in [-0.1, -0.05) is 16.8 Å². The first-order valence-electron chi connectivity index (χ1n) is 9.29. The van der Waals surface area contributed by atoms with Gasteiger partial charge in [-0.05, 0) is 25.1 Å². The average molecular weight is 422 g/mol. The Morgan fingerprint density at radius 3 is 2.66 bits per heavy atom. The van der Waals surface area contributed by atoms with E-state index in [4.69, 9.17) is 20.9 Å². The number of carbonyl (C=O) groups excluding carboxylic acids is 2. The molecule has 0 spiro atoms. The second-order valence-corrected chi connectivity index (χ2v) is 7.12. The normalized spacial score (nSPS) is 14.5. The van der Waals surface area contributed by atoms with Crippen molar-refractivity contribution in [1.29, 1.82) is 0 Å². The monoisotopic (exact) mass is 421 g/mol. The van der Waals surface area contributed by atoms with Crippen molar-refractivity contribution in [2.45, 2.75) is 6.92 Å². The maximum Gasteiger partial charge on any atom is 0.319 e. The zero-order chi connectivity index (χ0) is 20.8. The molecule has 0 bridgehead atoms. The Morgan fingerprint density at radius 2 is 2.00 bits per heavy atom. The lowest BCUT2D eigenvalue weighted by Crippen LogP contribution is -2.50. The van der Waals surface area contributed by atoms with Crippen molar-refractivity contribution >= 4 is 29.2 Å². The Labute approximate surface area is 173 Å². The maximum atomic E-state index is 12.4. The van der Waals surface area contributed by atoms with Crippen LogP contribution in [0.1, 0.15) is 16.2 Å². The number of nitrogens with zero attached hydrogens (tertiary/aromatic N) is 3. The van der Waals surface area contributed by atoms with Gasteiger partial charge < -0.3 is 24.8 Å². The lowest BCUT2D eigenvalue weighted by Gasteiger charge is -2.34. The van der Waals surface area contributed by atoms with E-state index in [0.29, 0.717) is 54.1 Å². The Bertz CT molecular complexity index is 864. The fourth-order valence-electron chi connectivity index (χ4n) is 3.08. The van der Waals surface area contributed by atoms with E-state index in [1.165, 1.54) is 7.11 Å². The molecule has 0 radical (unpaired) electrons. The van der Waals surface area contributed by atoms with Crippen molar-refractivity contribution < 1.29 is 18.8 Å². The van der Waals surface area contributed by atoms with Gasteiger partial charge in [0.05, 0.1) is 12.8 Å². The minimum Gasteiger partial charge on any atom is -0.495 e. The van der Waals surface area contributed by atoms with E-state index in [2.05, 4.69) is 20.7 Å². The summed E-state index contributed by atoms with van der Waals surface area (Å²) in [7, 11) is 1.53. The van der Waals surface area contributed by atoms with Crippen LogP contribution in [0.4, 0.5) is 10.5 Å². The third kappa shape index (κ3) is 5.61. The van der Waals surface area contributed by atoms with Crippen molar-refractivity contribution in [3.63, 3.8) is 0 Å². The Balaban J connectivity index is 1.39. The van der Waals surface area contributed by atoms with Crippen LogP contribution in [0.5, 0.6) is 5.75 Å². The van der Waals surface area contributed by atoms with Crippen molar-refractivity contribution in [3.05, 3.63) is 40.7 Å². The third-order valence-electron chi connectivity index (χ3n) is 4.63. The molecule has 2 heterocycles. The number of nitrogens with one attached hydrogen (secondary N) is 2. The SMILES string of the molecule is COc1ccc(Cl)cc1NC(=O)NCCN1CCN(C(=O)c2cc(C)on2)CC1. The molecule has 0 atom stereocenters. The van der Waals surface area contributed by atoms with Gasteiger partial charge in [0.2, 0.25) is 0 Å². The molecule has 3 amide bonds. The molecular weight excluding hydrogens is 398 g/mol. The first-order valence-corrected chi connectivity index (χ1v) is 9.67. The Morgan fingerprint density at radius 1 is 1.24 bits per heavy atom. The highest BCUT2D eigenvalue weighted by molar-refractivity contribution is 6.31. The highest BCUT2D eigenvalue weighted by atomic mass is 35.5. The van der Waals surface area contributed by atoms with Gasteiger partial charge in [-0.25, -0.2) is 4.79 Å². The number of hydrogen-bond donors (Lipinski definition) is 2. The number of ether oxygens (including phenoxy) is 1. The number of hydrogen-bond acceptors (Lipinski definition) is 6. The topological polar surface area (TPSA) is 99.9 Å². The summed E-state index contributed by atoms with van der Waals surface area (Å²) >= 11 is 5.97. The van der Waals surface area contributed by atoms with E-state index in [1.54, 1.807) is 36.1 Å². The summed E-state index contributed by atoms with van der Waals surface area (Å²) in [6, 6.07) is 6.33. The summed E-state index contributed by atoms with van der Waals surface area (Å²) in [5.41, 5.74) is 0.846. The molecule has 3 rings (SSSR count). The highest BCUT2D eigenvalue weighted by Crippen LogP contribution is 2.27. The van der Waals surface area contributed by atoms with Crippen LogP contribution in [0.2, 0.25) is 5.02 Å². The van der Waals surface area contributed by atoms with Crippen molar-refractivity contribution in [3.8, 4) is 5.75 Å². The molecule has 2 aromatic rings. The van der Waals surface area contributed by atoms with Crippen LogP contribution in [0.25, 0.3) is 0 Å². The summed E-state index contributed by atoms with van der Waals surface area (Å²) < 4.78 is 10.2. The second-order valence-electron chi connectivity index (χ2n) is 6.68. The van der Waals surface area contributed by atoms with Gasteiger partial charge in [-0.3, -0.25) is 9.69 Å². The molecule has 10 heteroatoms. The number of aromatic nitrogens is 1. The van der Waals surface area contributed by atoms with Crippen LogP contribution in [0.15, 0.2) is 28.8 Å². The first-order chi connectivity index (χ1) is 14.0. The Kier molecular flexibility index (Phi) is 6.95. The molecule has 9 nitrogen and oxygen atoms in total. The molecule has 1 saturated heterocycles. The van der Waals surface area contributed by atoms with Gasteiger partial charge in [0, 0.05) is 50.4 Å². The number of carbonyl (C=O) groups is 2. The van der Waals surface area contributed by atoms with Gasteiger partial charge >= 0.3 is 6.03 Å². The number of halogens is 1. The molecule has 0 aliphatic carbocycles. The van der Waals surface area contributed by atoms with Gasteiger partial charge in [0.1, 0.15) is 11.5 Å². The van der Waals surface area contributed by atoms with Crippen LogP contribution in [-0.2, 0) is 0 Å². The maximum absolute atomic E-state index is 12.4. The number of anilines is 1. The summed E-state index contributed by atoms with van der Waals surface area (Å²) in [6.45, 7) is 5.60. The summed E-state index contributed by atoms with van der Waals surface area (Å²) in [5, 5.41) is 9.84. The molecule has 0 unspecified atom stereocenters. The van der Waals surface area contributed by atoms with Crippen LogP contribution in [0.3, 0.4) is 0 Å². The van der Waals surface area contributed by atoms with E-state index >= 15 is 0 Å². The molecule has 2 N–H and O–H groups in total. The predicted molar refractivity (Wildman–Crippen MR) is 109 cm³/mol. The van der Waals surface area contributed by atoms with E-state index in [-0.39, 0.29) is 11.9 Å². The first kappa shape index (κ1) is 20.9. The number of amides is 3.